The average molecular weight is 744 g/mol. The van der Waals surface area contributed by atoms with Crippen LogP contribution in [0, 0.1) is 0 Å². The lowest BCUT2D eigenvalue weighted by Crippen LogP contribution is -2.57. The molecule has 0 radical (unpaired) electrons. The first-order chi connectivity index (χ1) is 25.1. The molecule has 0 bridgehead atoms. The van der Waals surface area contributed by atoms with Gasteiger partial charge < -0.3 is 64.2 Å². The molecule has 53 heavy (non-hydrogen) atoms. The Morgan fingerprint density at radius 2 is 1.28 bits per heavy atom. The van der Waals surface area contributed by atoms with Crippen molar-refractivity contribution in [3.63, 3.8) is 0 Å². The molecule has 15 N–H and O–H groups in total. The van der Waals surface area contributed by atoms with Crippen LogP contribution in [0.1, 0.15) is 30.4 Å². The third-order valence-electron chi connectivity index (χ3n) is 7.47. The zero-order valence-electron chi connectivity index (χ0n) is 28.6. The van der Waals surface area contributed by atoms with E-state index in [1.54, 1.807) is 30.3 Å². The molecule has 0 aliphatic heterocycles. The molecule has 20 nitrogen and oxygen atoms in total. The van der Waals surface area contributed by atoms with E-state index in [4.69, 9.17) is 27.4 Å². The van der Waals surface area contributed by atoms with Crippen molar-refractivity contribution < 1.29 is 54.0 Å². The van der Waals surface area contributed by atoms with Crippen LogP contribution in [0.15, 0.2) is 59.6 Å². The smallest absolute Gasteiger partial charge is 0.328 e. The van der Waals surface area contributed by atoms with E-state index in [-0.39, 0.29) is 43.9 Å². The highest BCUT2D eigenvalue weighted by Crippen LogP contribution is 2.12. The van der Waals surface area contributed by atoms with Crippen LogP contribution in [-0.2, 0) is 46.4 Å². The predicted molar refractivity (Wildman–Crippen MR) is 188 cm³/mol. The minimum atomic E-state index is -1.78. The monoisotopic (exact) mass is 743 g/mol. The van der Waals surface area contributed by atoms with E-state index in [1.165, 1.54) is 24.3 Å². The number of carbonyl (C=O) groups excluding carboxylic acids is 5. The molecule has 2 aromatic carbocycles. The lowest BCUT2D eigenvalue weighted by atomic mass is 10.0. The second kappa shape index (κ2) is 21.8. The van der Waals surface area contributed by atoms with E-state index in [2.05, 4.69) is 26.3 Å². The van der Waals surface area contributed by atoms with E-state index in [1.807, 2.05) is 5.32 Å². The zero-order chi connectivity index (χ0) is 39.5. The first-order valence-corrected chi connectivity index (χ1v) is 16.3. The summed E-state index contributed by atoms with van der Waals surface area (Å²) in [5.74, 6) is -8.01. The molecule has 0 aliphatic carbocycles. The number of aliphatic carboxylic acids is 2. The number of phenols is 1. The number of hydrogen-bond donors (Lipinski definition) is 12. The summed E-state index contributed by atoms with van der Waals surface area (Å²) in [6, 6.07) is 7.58. The number of aromatic hydroxyl groups is 1. The van der Waals surface area contributed by atoms with Gasteiger partial charge in [-0.05, 0) is 42.5 Å². The Morgan fingerprint density at radius 3 is 1.87 bits per heavy atom. The summed E-state index contributed by atoms with van der Waals surface area (Å²) >= 11 is 0. The third kappa shape index (κ3) is 16.1. The van der Waals surface area contributed by atoms with Crippen molar-refractivity contribution in [1.29, 1.82) is 0 Å². The molecule has 0 saturated carbocycles. The van der Waals surface area contributed by atoms with Crippen LogP contribution < -0.4 is 43.8 Å². The number of carbonyl (C=O) groups is 7. The van der Waals surface area contributed by atoms with E-state index >= 15 is 0 Å². The van der Waals surface area contributed by atoms with Crippen LogP contribution in [0.25, 0.3) is 0 Å². The van der Waals surface area contributed by atoms with Gasteiger partial charge in [0.2, 0.25) is 29.5 Å². The largest absolute Gasteiger partial charge is 0.508 e. The molecule has 0 aliphatic rings. The van der Waals surface area contributed by atoms with Crippen LogP contribution in [0.2, 0.25) is 0 Å². The van der Waals surface area contributed by atoms with E-state index in [9.17, 15) is 43.8 Å². The summed E-state index contributed by atoms with van der Waals surface area (Å²) in [6.45, 7) is -1.77. The van der Waals surface area contributed by atoms with Gasteiger partial charge in [0, 0.05) is 13.0 Å². The van der Waals surface area contributed by atoms with E-state index < -0.39 is 91.3 Å². The van der Waals surface area contributed by atoms with Crippen molar-refractivity contribution in [3.05, 3.63) is 65.7 Å². The van der Waals surface area contributed by atoms with Crippen molar-refractivity contribution >= 4 is 47.4 Å². The van der Waals surface area contributed by atoms with Gasteiger partial charge in [-0.3, -0.25) is 33.8 Å². The molecule has 0 unspecified atom stereocenters. The lowest BCUT2D eigenvalue weighted by Gasteiger charge is -2.24. The van der Waals surface area contributed by atoms with Crippen molar-refractivity contribution in [3.8, 4) is 5.75 Å². The number of nitrogens with one attached hydrogen (secondary N) is 5. The highest BCUT2D eigenvalue weighted by Gasteiger charge is 2.30. The number of nitrogens with zero attached hydrogens (tertiary/aromatic N) is 1. The number of guanidine groups is 1. The number of aliphatic hydroxyl groups excluding tert-OH is 1. The number of rotatable bonds is 22. The normalized spacial score (nSPS) is 13.5. The second-order valence-corrected chi connectivity index (χ2v) is 11.8. The number of nitrogens with two attached hydrogens (primary N) is 3. The van der Waals surface area contributed by atoms with Crippen LogP contribution >= 0.6 is 0 Å². The second-order valence-electron chi connectivity index (χ2n) is 11.8. The Labute approximate surface area is 303 Å². The van der Waals surface area contributed by atoms with Crippen LogP contribution in [0.5, 0.6) is 5.75 Å². The Bertz CT molecular complexity index is 1600. The van der Waals surface area contributed by atoms with Gasteiger partial charge >= 0.3 is 11.9 Å². The van der Waals surface area contributed by atoms with Gasteiger partial charge in [-0.15, -0.1) is 0 Å². The minimum Gasteiger partial charge on any atom is -0.508 e. The van der Waals surface area contributed by atoms with Gasteiger partial charge in [-0.25, -0.2) is 4.79 Å². The molecular weight excluding hydrogens is 698 g/mol. The highest BCUT2D eigenvalue weighted by atomic mass is 16.4. The molecular formula is C33H45N9O11. The summed E-state index contributed by atoms with van der Waals surface area (Å²) in [4.78, 5) is 91.7. The van der Waals surface area contributed by atoms with Crippen LogP contribution in [-0.4, -0.2) is 118 Å². The van der Waals surface area contributed by atoms with Crippen molar-refractivity contribution in [1.82, 2.24) is 26.6 Å². The summed E-state index contributed by atoms with van der Waals surface area (Å²) in [5.41, 5.74) is 18.2. The highest BCUT2D eigenvalue weighted by molar-refractivity contribution is 5.96. The number of benzene rings is 2. The molecule has 0 spiro atoms. The number of aliphatic hydroxyl groups is 1. The fourth-order valence-corrected chi connectivity index (χ4v) is 4.74. The Balaban J connectivity index is 2.22. The molecule has 0 heterocycles. The molecule has 288 valence electrons. The van der Waals surface area contributed by atoms with E-state index in [0.717, 1.165) is 5.56 Å². The molecule has 0 fully saturated rings. The molecule has 2 rings (SSSR count). The van der Waals surface area contributed by atoms with Crippen molar-refractivity contribution in [2.75, 3.05) is 19.7 Å². The fraction of sp³-hybridized carbons (Fsp3) is 0.394. The summed E-state index contributed by atoms with van der Waals surface area (Å²) in [6.07, 6.45) is -0.779. The minimum absolute atomic E-state index is 0.0326. The molecule has 0 aromatic heterocycles. The average Bonchev–Trinajstić information content (AvgIpc) is 3.10. The van der Waals surface area contributed by atoms with Gasteiger partial charge in [0.15, 0.2) is 5.96 Å². The van der Waals surface area contributed by atoms with E-state index in [0.29, 0.717) is 5.56 Å². The number of hydrogen-bond acceptors (Lipinski definition) is 11. The first kappa shape index (κ1) is 42.9. The van der Waals surface area contributed by atoms with Crippen LogP contribution in [0.4, 0.5) is 0 Å². The Morgan fingerprint density at radius 1 is 0.698 bits per heavy atom. The van der Waals surface area contributed by atoms with Gasteiger partial charge in [-0.2, -0.15) is 0 Å². The topological polar surface area (TPSA) is 351 Å². The maximum absolute atomic E-state index is 13.7. The molecule has 2 aromatic rings. The maximum atomic E-state index is 13.7. The predicted octanol–water partition coefficient (Wildman–Crippen LogP) is -3.83. The van der Waals surface area contributed by atoms with Crippen LogP contribution in [0.3, 0.4) is 0 Å². The number of amides is 5. The zero-order valence-corrected chi connectivity index (χ0v) is 28.6. The number of aliphatic imine (C=N–C) groups is 1. The Kier molecular flexibility index (Phi) is 17.7. The molecule has 0 saturated heterocycles. The number of phenolic OH excluding ortho intramolecular Hbond substituents is 1. The van der Waals surface area contributed by atoms with Crippen molar-refractivity contribution in [2.24, 2.45) is 22.2 Å². The third-order valence-corrected chi connectivity index (χ3v) is 7.47. The van der Waals surface area contributed by atoms with Gasteiger partial charge in [0.25, 0.3) is 0 Å². The standard InChI is InChI=1S/C33H45N9O11/c34-21(13-18-5-2-1-3-6-18)28(48)41-23(14-19-8-10-20(44)11-9-19)30(50)40-22(7-4-12-37-33(35)36)29(49)38-16-26(45)39-24(15-27(46)47)31(51)42-25(17-43)32(52)53/h1-3,5-6,8-11,21-25,43-44H,4,7,12-17,34H2,(H,38,49)(H,39,45)(H,40,50)(H,41,48)(H,42,51)(H,46,47)(H,52,53)(H4,35,36,37)/t21-,22-,23-,24-,25-/m0/s1. The van der Waals surface area contributed by atoms with Gasteiger partial charge in [0.1, 0.15) is 29.9 Å². The SMILES string of the molecule is NC(N)=NCCC[C@H](NC(=O)[C@H](Cc1ccc(O)cc1)NC(=O)[C@@H](N)Cc1ccccc1)C(=O)NCC(=O)N[C@@H](CC(=O)O)C(=O)N[C@@H](CO)C(=O)O. The van der Waals surface area contributed by atoms with Gasteiger partial charge in [-0.1, -0.05) is 42.5 Å². The maximum Gasteiger partial charge on any atom is 0.328 e. The Hall–Kier alpha value is -6.28. The molecule has 20 heteroatoms. The molecule has 5 amide bonds. The quantitative estimate of drug-likeness (QED) is 0.0312. The lowest BCUT2D eigenvalue weighted by molar-refractivity contribution is -0.144. The first-order valence-electron chi connectivity index (χ1n) is 16.3. The fourth-order valence-electron chi connectivity index (χ4n) is 4.74. The summed E-state index contributed by atoms with van der Waals surface area (Å²) in [7, 11) is 0. The molecule has 5 atom stereocenters. The number of carboxylic acid groups (broad SMARTS) is 2. The summed E-state index contributed by atoms with van der Waals surface area (Å²) < 4.78 is 0. The van der Waals surface area contributed by atoms with Crippen molar-refractivity contribution in [2.45, 2.75) is 62.3 Å². The number of carboxylic acids is 2. The van der Waals surface area contributed by atoms with Gasteiger partial charge in [0.05, 0.1) is 25.6 Å². The summed E-state index contributed by atoms with van der Waals surface area (Å²) in [5, 5.41) is 48.6.